The number of hydrogen-bond donors (Lipinski definition) is 5. The Bertz CT molecular complexity index is 1050. The Hall–Kier alpha value is -3.05. The number of hydrogen-bond acceptors (Lipinski definition) is 9. The number of benzene rings is 2. The molecule has 1 aliphatic rings. The zero-order chi connectivity index (χ0) is 23.0. The number of carboxylic acids is 1. The highest BCUT2D eigenvalue weighted by Crippen LogP contribution is 2.40. The van der Waals surface area contributed by atoms with Gasteiger partial charge in [-0.15, -0.1) is 0 Å². The largest absolute Gasteiger partial charge is 0.506 e. The van der Waals surface area contributed by atoms with E-state index in [0.29, 0.717) is 5.39 Å². The van der Waals surface area contributed by atoms with E-state index < -0.39 is 48.2 Å². The Morgan fingerprint density at radius 3 is 2.35 bits per heavy atom. The molecule has 1 heterocycles. The molecule has 0 amide bonds. The molecule has 31 heavy (non-hydrogen) atoms. The molecule has 5 unspecified atom stereocenters. The van der Waals surface area contributed by atoms with Crippen molar-refractivity contribution in [2.45, 2.75) is 51.0 Å². The predicted octanol–water partition coefficient (Wildman–Crippen LogP) is 0.612. The van der Waals surface area contributed by atoms with Gasteiger partial charge >= 0.3 is 5.97 Å². The van der Waals surface area contributed by atoms with Crippen LogP contribution in [0.4, 0.5) is 0 Å². The Kier molecular flexibility index (Phi) is 6.27. The van der Waals surface area contributed by atoms with Crippen LogP contribution in [0.3, 0.4) is 0 Å². The SMILES string of the molecule is CCC(=O)c1cc2cccc(OC3OC(C(=O)O)C(O)C(O)C3O)c2c(O)c1C(C)=O. The van der Waals surface area contributed by atoms with E-state index in [-0.39, 0.29) is 34.5 Å². The average molecular weight is 434 g/mol. The minimum absolute atomic E-state index is 0.0311. The van der Waals surface area contributed by atoms with Crippen LogP contribution in [0.15, 0.2) is 24.3 Å². The van der Waals surface area contributed by atoms with Gasteiger partial charge in [0.25, 0.3) is 0 Å². The summed E-state index contributed by atoms with van der Waals surface area (Å²) in [6.45, 7) is 2.81. The number of aliphatic carboxylic acids is 1. The number of aliphatic hydroxyl groups excluding tert-OH is 3. The highest BCUT2D eigenvalue weighted by Gasteiger charge is 2.48. The summed E-state index contributed by atoms with van der Waals surface area (Å²) in [5.41, 5.74) is -0.144. The van der Waals surface area contributed by atoms with Crippen molar-refractivity contribution in [3.63, 3.8) is 0 Å². The maximum Gasteiger partial charge on any atom is 0.335 e. The van der Waals surface area contributed by atoms with Crippen molar-refractivity contribution in [1.82, 2.24) is 0 Å². The molecule has 10 nitrogen and oxygen atoms in total. The van der Waals surface area contributed by atoms with Crippen LogP contribution in [0.1, 0.15) is 41.0 Å². The van der Waals surface area contributed by atoms with E-state index in [1.54, 1.807) is 13.0 Å². The Balaban J connectivity index is 2.11. The summed E-state index contributed by atoms with van der Waals surface area (Å²) in [6, 6.07) is 5.88. The number of aromatic hydroxyl groups is 1. The zero-order valence-corrected chi connectivity index (χ0v) is 16.7. The smallest absolute Gasteiger partial charge is 0.335 e. The second-order valence-electron chi connectivity index (χ2n) is 7.19. The number of rotatable bonds is 6. The number of ketones is 2. The quantitative estimate of drug-likeness (QED) is 0.406. The lowest BCUT2D eigenvalue weighted by molar-refractivity contribution is -0.270. The van der Waals surface area contributed by atoms with Gasteiger partial charge in [-0.25, -0.2) is 4.79 Å². The lowest BCUT2D eigenvalue weighted by atomic mass is 9.93. The van der Waals surface area contributed by atoms with Crippen molar-refractivity contribution < 1.29 is 49.4 Å². The van der Waals surface area contributed by atoms with Crippen LogP contribution in [-0.4, -0.2) is 73.8 Å². The molecular formula is C21H22O10. The van der Waals surface area contributed by atoms with Gasteiger partial charge in [-0.2, -0.15) is 0 Å². The Morgan fingerprint density at radius 2 is 1.77 bits per heavy atom. The highest BCUT2D eigenvalue weighted by molar-refractivity contribution is 6.15. The van der Waals surface area contributed by atoms with Crippen LogP contribution in [0.5, 0.6) is 11.5 Å². The first kappa shape index (κ1) is 22.6. The van der Waals surface area contributed by atoms with Gasteiger partial charge in [0.1, 0.15) is 29.8 Å². The molecule has 10 heteroatoms. The van der Waals surface area contributed by atoms with Gasteiger partial charge in [-0.05, 0) is 24.4 Å². The third-order valence-corrected chi connectivity index (χ3v) is 5.13. The normalized spacial score (nSPS) is 25.9. The van der Waals surface area contributed by atoms with Crippen LogP contribution in [0.2, 0.25) is 0 Å². The van der Waals surface area contributed by atoms with E-state index in [2.05, 4.69) is 0 Å². The number of carbonyl (C=O) groups is 3. The van der Waals surface area contributed by atoms with E-state index in [1.165, 1.54) is 25.1 Å². The predicted molar refractivity (Wildman–Crippen MR) is 105 cm³/mol. The molecule has 0 saturated carbocycles. The number of carboxylic acid groups (broad SMARTS) is 1. The van der Waals surface area contributed by atoms with E-state index in [9.17, 15) is 39.9 Å². The summed E-state index contributed by atoms with van der Waals surface area (Å²) in [4.78, 5) is 35.7. The molecule has 0 aliphatic carbocycles. The molecule has 0 aromatic heterocycles. The van der Waals surface area contributed by atoms with Crippen LogP contribution in [0, 0.1) is 0 Å². The van der Waals surface area contributed by atoms with Crippen LogP contribution >= 0.6 is 0 Å². The molecule has 3 rings (SSSR count). The summed E-state index contributed by atoms with van der Waals surface area (Å²) < 4.78 is 10.7. The fraction of sp³-hybridized carbons (Fsp3) is 0.381. The van der Waals surface area contributed by atoms with Crippen molar-refractivity contribution in [2.75, 3.05) is 0 Å². The van der Waals surface area contributed by atoms with Crippen molar-refractivity contribution in [3.8, 4) is 11.5 Å². The summed E-state index contributed by atoms with van der Waals surface area (Å²) in [5.74, 6) is -3.08. The molecule has 5 N–H and O–H groups in total. The molecule has 1 saturated heterocycles. The Morgan fingerprint density at radius 1 is 1.10 bits per heavy atom. The highest BCUT2D eigenvalue weighted by atomic mass is 16.7. The fourth-order valence-electron chi connectivity index (χ4n) is 3.54. The second-order valence-corrected chi connectivity index (χ2v) is 7.19. The van der Waals surface area contributed by atoms with Gasteiger partial charge in [0.05, 0.1) is 10.9 Å². The van der Waals surface area contributed by atoms with Gasteiger partial charge in [-0.1, -0.05) is 19.1 Å². The minimum Gasteiger partial charge on any atom is -0.506 e. The first-order valence-corrected chi connectivity index (χ1v) is 9.50. The van der Waals surface area contributed by atoms with Crippen LogP contribution in [-0.2, 0) is 9.53 Å². The molecule has 5 atom stereocenters. The average Bonchev–Trinajstić information content (AvgIpc) is 2.72. The fourth-order valence-corrected chi connectivity index (χ4v) is 3.54. The van der Waals surface area contributed by atoms with Gasteiger partial charge in [-0.3, -0.25) is 9.59 Å². The molecule has 166 valence electrons. The summed E-state index contributed by atoms with van der Waals surface area (Å²) in [6.07, 6.45) is -9.03. The number of fused-ring (bicyclic) bond motifs is 1. The molecule has 0 spiro atoms. The number of ether oxygens (including phenoxy) is 2. The molecular weight excluding hydrogens is 412 g/mol. The van der Waals surface area contributed by atoms with Crippen molar-refractivity contribution in [1.29, 1.82) is 0 Å². The molecule has 1 fully saturated rings. The molecule has 2 aromatic rings. The van der Waals surface area contributed by atoms with Gasteiger partial charge in [0.2, 0.25) is 6.29 Å². The summed E-state index contributed by atoms with van der Waals surface area (Å²) in [7, 11) is 0. The molecule has 0 radical (unpaired) electrons. The molecule has 1 aliphatic heterocycles. The van der Waals surface area contributed by atoms with E-state index in [1.807, 2.05) is 0 Å². The van der Waals surface area contributed by atoms with Crippen LogP contribution in [0.25, 0.3) is 10.8 Å². The number of phenolic OH excluding ortho intramolecular Hbond substituents is 1. The van der Waals surface area contributed by atoms with E-state index in [4.69, 9.17) is 9.47 Å². The van der Waals surface area contributed by atoms with Crippen molar-refractivity contribution >= 4 is 28.3 Å². The van der Waals surface area contributed by atoms with E-state index >= 15 is 0 Å². The number of carbonyl (C=O) groups excluding carboxylic acids is 2. The monoisotopic (exact) mass is 434 g/mol. The lowest BCUT2D eigenvalue weighted by Crippen LogP contribution is -2.61. The van der Waals surface area contributed by atoms with Gasteiger partial charge < -0.3 is 35.0 Å². The van der Waals surface area contributed by atoms with Gasteiger partial charge in [0, 0.05) is 12.0 Å². The van der Waals surface area contributed by atoms with E-state index in [0.717, 1.165) is 0 Å². The topological polar surface area (TPSA) is 171 Å². The minimum atomic E-state index is -1.89. The van der Waals surface area contributed by atoms with Gasteiger partial charge in [0.15, 0.2) is 17.7 Å². The van der Waals surface area contributed by atoms with Crippen molar-refractivity contribution in [2.24, 2.45) is 0 Å². The first-order chi connectivity index (χ1) is 14.6. The number of Topliss-reactive ketones (excluding diaryl/α,β-unsaturated/α-hetero) is 2. The Labute approximate surface area is 176 Å². The number of phenols is 1. The van der Waals surface area contributed by atoms with Crippen molar-refractivity contribution in [3.05, 3.63) is 35.4 Å². The summed E-state index contributed by atoms with van der Waals surface area (Å²) >= 11 is 0. The zero-order valence-electron chi connectivity index (χ0n) is 16.7. The standard InChI is InChI=1S/C21H22O10/c1-3-11(23)10-7-9-5-4-6-12(14(9)15(24)13(10)8(2)22)30-21-18(27)16(25)17(26)19(31-21)20(28)29/h4-7,16-19,21,24-27H,3H2,1-2H3,(H,28,29). The maximum absolute atomic E-state index is 12.3. The summed E-state index contributed by atoms with van der Waals surface area (Å²) in [5, 5.41) is 50.3. The molecule has 0 bridgehead atoms. The second kappa shape index (κ2) is 8.60. The maximum atomic E-state index is 12.3. The third kappa shape index (κ3) is 3.98. The third-order valence-electron chi connectivity index (χ3n) is 5.13. The lowest BCUT2D eigenvalue weighted by Gasteiger charge is -2.38. The molecule has 2 aromatic carbocycles. The van der Waals surface area contributed by atoms with Crippen LogP contribution < -0.4 is 4.74 Å². The number of aliphatic hydroxyl groups is 3. The first-order valence-electron chi connectivity index (χ1n) is 9.50.